The first-order valence-electron chi connectivity index (χ1n) is 7.82. The van der Waals surface area contributed by atoms with Crippen molar-refractivity contribution in [2.45, 2.75) is 36.2 Å². The highest BCUT2D eigenvalue weighted by molar-refractivity contribution is 7.98. The lowest BCUT2D eigenvalue weighted by molar-refractivity contribution is -0.0690. The van der Waals surface area contributed by atoms with Gasteiger partial charge in [-0.25, -0.2) is 0 Å². The fourth-order valence-corrected chi connectivity index (χ4v) is 4.12. The van der Waals surface area contributed by atoms with Crippen molar-refractivity contribution in [2.75, 3.05) is 26.0 Å². The van der Waals surface area contributed by atoms with E-state index in [-0.39, 0.29) is 0 Å². The van der Waals surface area contributed by atoms with Crippen LogP contribution >= 0.6 is 11.8 Å². The summed E-state index contributed by atoms with van der Waals surface area (Å²) in [4.78, 5) is 7.46. The highest BCUT2D eigenvalue weighted by Crippen LogP contribution is 2.30. The van der Waals surface area contributed by atoms with Gasteiger partial charge in [-0.15, -0.1) is 11.8 Å². The zero-order chi connectivity index (χ0) is 14.2. The molecule has 1 atom stereocenters. The van der Waals surface area contributed by atoms with Gasteiger partial charge in [0.05, 0.1) is 19.3 Å². The molecule has 112 valence electrons. The second kappa shape index (κ2) is 5.67. The number of H-pyrrole nitrogens is 1. The molecule has 0 saturated carbocycles. The molecule has 0 bridgehead atoms. The number of ether oxygens (including phenoxy) is 1. The minimum Gasteiger partial charge on any atom is -0.378 e. The van der Waals surface area contributed by atoms with Crippen molar-refractivity contribution in [2.24, 2.45) is 0 Å². The van der Waals surface area contributed by atoms with Crippen LogP contribution in [-0.2, 0) is 11.2 Å². The summed E-state index contributed by atoms with van der Waals surface area (Å²) in [6.45, 7) is 3.11. The molecule has 2 saturated heterocycles. The first-order chi connectivity index (χ1) is 10.3. The predicted octanol–water partition coefficient (Wildman–Crippen LogP) is 3.30. The van der Waals surface area contributed by atoms with E-state index in [1.807, 2.05) is 11.8 Å². The third kappa shape index (κ3) is 2.50. The maximum atomic E-state index is 5.38. The number of likely N-dealkylation sites (tertiary alicyclic amines) is 1. The first-order valence-corrected chi connectivity index (χ1v) is 9.05. The number of aromatic amines is 1. The van der Waals surface area contributed by atoms with E-state index in [2.05, 4.69) is 40.5 Å². The fourth-order valence-electron chi connectivity index (χ4n) is 3.68. The SMILES string of the molecule is CSc1ccc2[nH]cc(C[C@H]3CCCN3C3COC3)c2c1. The largest absolute Gasteiger partial charge is 0.378 e. The van der Waals surface area contributed by atoms with Crippen molar-refractivity contribution in [1.29, 1.82) is 0 Å². The molecule has 0 amide bonds. The quantitative estimate of drug-likeness (QED) is 0.879. The molecule has 1 aromatic carbocycles. The van der Waals surface area contributed by atoms with Gasteiger partial charge in [0.15, 0.2) is 0 Å². The molecule has 1 aromatic heterocycles. The van der Waals surface area contributed by atoms with Crippen LogP contribution < -0.4 is 0 Å². The molecule has 2 aromatic rings. The molecule has 4 heteroatoms. The van der Waals surface area contributed by atoms with Gasteiger partial charge in [-0.1, -0.05) is 0 Å². The summed E-state index contributed by atoms with van der Waals surface area (Å²) < 4.78 is 5.38. The van der Waals surface area contributed by atoms with Crippen molar-refractivity contribution >= 4 is 22.7 Å². The van der Waals surface area contributed by atoms with E-state index in [4.69, 9.17) is 4.74 Å². The van der Waals surface area contributed by atoms with Crippen LogP contribution in [0.15, 0.2) is 29.3 Å². The molecule has 3 nitrogen and oxygen atoms in total. The van der Waals surface area contributed by atoms with Crippen LogP contribution in [0.4, 0.5) is 0 Å². The van der Waals surface area contributed by atoms with E-state index in [0.717, 1.165) is 19.6 Å². The maximum absolute atomic E-state index is 5.38. The van der Waals surface area contributed by atoms with Crippen molar-refractivity contribution < 1.29 is 4.74 Å². The van der Waals surface area contributed by atoms with Crippen molar-refractivity contribution in [3.05, 3.63) is 30.0 Å². The Bertz CT molecular complexity index is 635. The van der Waals surface area contributed by atoms with Gasteiger partial charge >= 0.3 is 0 Å². The van der Waals surface area contributed by atoms with Gasteiger partial charge in [0, 0.05) is 28.0 Å². The summed E-state index contributed by atoms with van der Waals surface area (Å²) in [6, 6.07) is 8.09. The molecule has 0 spiro atoms. The first kappa shape index (κ1) is 13.7. The van der Waals surface area contributed by atoms with Crippen LogP contribution in [-0.4, -0.2) is 48.0 Å². The van der Waals surface area contributed by atoms with Crippen LogP contribution in [0.3, 0.4) is 0 Å². The topological polar surface area (TPSA) is 28.3 Å². The Morgan fingerprint density at radius 1 is 1.38 bits per heavy atom. The Morgan fingerprint density at radius 3 is 3.05 bits per heavy atom. The molecule has 2 aliphatic heterocycles. The third-order valence-electron chi connectivity index (χ3n) is 4.94. The number of thioether (sulfide) groups is 1. The highest BCUT2D eigenvalue weighted by Gasteiger charge is 2.34. The Hall–Kier alpha value is -0.970. The lowest BCUT2D eigenvalue weighted by Crippen LogP contribution is -2.51. The molecule has 0 aliphatic carbocycles. The average Bonchev–Trinajstić information content (AvgIpc) is 3.05. The lowest BCUT2D eigenvalue weighted by Gasteiger charge is -2.38. The molecular formula is C17H22N2OS. The number of nitrogens with zero attached hydrogens (tertiary/aromatic N) is 1. The Labute approximate surface area is 130 Å². The van der Waals surface area contributed by atoms with E-state index in [1.54, 1.807) is 0 Å². The van der Waals surface area contributed by atoms with E-state index in [0.29, 0.717) is 12.1 Å². The molecule has 0 radical (unpaired) electrons. The van der Waals surface area contributed by atoms with Crippen LogP contribution in [0.1, 0.15) is 18.4 Å². The van der Waals surface area contributed by atoms with Gasteiger partial charge in [0.2, 0.25) is 0 Å². The number of hydrogen-bond donors (Lipinski definition) is 1. The molecule has 2 aliphatic rings. The molecule has 3 heterocycles. The van der Waals surface area contributed by atoms with Crippen molar-refractivity contribution in [3.63, 3.8) is 0 Å². The number of rotatable bonds is 4. The van der Waals surface area contributed by atoms with Crippen LogP contribution in [0.2, 0.25) is 0 Å². The summed E-state index contributed by atoms with van der Waals surface area (Å²) in [5.74, 6) is 0. The van der Waals surface area contributed by atoms with Crippen molar-refractivity contribution in [3.8, 4) is 0 Å². The molecule has 2 fully saturated rings. The van der Waals surface area contributed by atoms with Gasteiger partial charge in [0.1, 0.15) is 0 Å². The van der Waals surface area contributed by atoms with Gasteiger partial charge in [-0.2, -0.15) is 0 Å². The Kier molecular flexibility index (Phi) is 3.69. The summed E-state index contributed by atoms with van der Waals surface area (Å²) in [7, 11) is 0. The van der Waals surface area contributed by atoms with Gasteiger partial charge in [0.25, 0.3) is 0 Å². The summed E-state index contributed by atoms with van der Waals surface area (Å²) >= 11 is 1.82. The number of nitrogens with one attached hydrogen (secondary N) is 1. The standard InChI is InChI=1S/C17H22N2OS/c1-21-15-4-5-17-16(8-15)12(9-18-17)7-13-3-2-6-19(13)14-10-20-11-14/h4-5,8-9,13-14,18H,2-3,6-7,10-11H2,1H3/t13-/m1/s1. The van der Waals surface area contributed by atoms with E-state index >= 15 is 0 Å². The van der Waals surface area contributed by atoms with Crippen LogP contribution in [0.25, 0.3) is 10.9 Å². The zero-order valence-corrected chi connectivity index (χ0v) is 13.3. The maximum Gasteiger partial charge on any atom is 0.0645 e. The lowest BCUT2D eigenvalue weighted by atomic mass is 10.0. The molecule has 1 N–H and O–H groups in total. The summed E-state index contributed by atoms with van der Waals surface area (Å²) in [6.07, 6.45) is 8.17. The average molecular weight is 302 g/mol. The van der Waals surface area contributed by atoms with E-state index in [9.17, 15) is 0 Å². The van der Waals surface area contributed by atoms with Crippen LogP contribution in [0.5, 0.6) is 0 Å². The summed E-state index contributed by atoms with van der Waals surface area (Å²) in [5, 5.41) is 1.40. The zero-order valence-electron chi connectivity index (χ0n) is 12.5. The molecular weight excluding hydrogens is 280 g/mol. The number of hydrogen-bond acceptors (Lipinski definition) is 3. The van der Waals surface area contributed by atoms with E-state index < -0.39 is 0 Å². The van der Waals surface area contributed by atoms with Crippen molar-refractivity contribution in [1.82, 2.24) is 9.88 Å². The normalized spacial score (nSPS) is 23.8. The molecule has 0 unspecified atom stereocenters. The third-order valence-corrected chi connectivity index (χ3v) is 5.67. The smallest absolute Gasteiger partial charge is 0.0645 e. The highest BCUT2D eigenvalue weighted by atomic mass is 32.2. The minimum absolute atomic E-state index is 0.671. The second-order valence-electron chi connectivity index (χ2n) is 6.15. The predicted molar refractivity (Wildman–Crippen MR) is 88.1 cm³/mol. The number of aromatic nitrogens is 1. The van der Waals surface area contributed by atoms with Crippen LogP contribution in [0, 0.1) is 0 Å². The minimum atomic E-state index is 0.671. The second-order valence-corrected chi connectivity index (χ2v) is 7.03. The number of benzene rings is 1. The monoisotopic (exact) mass is 302 g/mol. The van der Waals surface area contributed by atoms with Gasteiger partial charge < -0.3 is 9.72 Å². The Morgan fingerprint density at radius 2 is 2.29 bits per heavy atom. The van der Waals surface area contributed by atoms with E-state index in [1.165, 1.54) is 40.7 Å². The number of fused-ring (bicyclic) bond motifs is 1. The molecule has 21 heavy (non-hydrogen) atoms. The van der Waals surface area contributed by atoms with Gasteiger partial charge in [-0.3, -0.25) is 4.90 Å². The fraction of sp³-hybridized carbons (Fsp3) is 0.529. The van der Waals surface area contributed by atoms with Gasteiger partial charge in [-0.05, 0) is 55.8 Å². The summed E-state index contributed by atoms with van der Waals surface area (Å²) in [5.41, 5.74) is 2.73. The Balaban J connectivity index is 1.58. The molecule has 4 rings (SSSR count).